The highest BCUT2D eigenvalue weighted by molar-refractivity contribution is 7.93. The zero-order valence-corrected chi connectivity index (χ0v) is 19.1. The van der Waals surface area contributed by atoms with Gasteiger partial charge in [-0.25, -0.2) is 21.6 Å². The number of nitrogens with one attached hydrogen (secondary N) is 1. The largest absolute Gasteiger partial charge is 0.468 e. The van der Waals surface area contributed by atoms with Crippen LogP contribution in [0.5, 0.6) is 11.5 Å². The summed E-state index contributed by atoms with van der Waals surface area (Å²) in [5.74, 6) is 1.26. The summed E-state index contributed by atoms with van der Waals surface area (Å²) in [5.41, 5.74) is 0. The van der Waals surface area contributed by atoms with E-state index in [-0.39, 0.29) is 21.4 Å². The van der Waals surface area contributed by atoms with E-state index in [1.807, 2.05) is 18.2 Å². The highest BCUT2D eigenvalue weighted by atomic mass is 32.2. The first-order valence-corrected chi connectivity index (χ1v) is 13.4. The quantitative estimate of drug-likeness (QED) is 0.368. The van der Waals surface area contributed by atoms with Crippen LogP contribution in [0, 0.1) is 0 Å². The van der Waals surface area contributed by atoms with Crippen molar-refractivity contribution in [1.82, 2.24) is 4.72 Å². The molecule has 0 aliphatic heterocycles. The van der Waals surface area contributed by atoms with Crippen LogP contribution in [-0.2, 0) is 19.9 Å². The van der Waals surface area contributed by atoms with Crippen molar-refractivity contribution in [3.05, 3.63) is 96.3 Å². The van der Waals surface area contributed by atoms with Crippen molar-refractivity contribution < 1.29 is 26.0 Å². The number of ether oxygens (including phenoxy) is 1. The van der Waals surface area contributed by atoms with Gasteiger partial charge in [0.05, 0.1) is 11.2 Å². The maximum absolute atomic E-state index is 13.1. The molecule has 0 saturated heterocycles. The number of para-hydroxylation sites is 1. The highest BCUT2D eigenvalue weighted by Gasteiger charge is 2.33. The summed E-state index contributed by atoms with van der Waals surface area (Å²) in [4.78, 5) is -0.00960. The summed E-state index contributed by atoms with van der Waals surface area (Å²) < 4.78 is 65.3. The molecule has 10 heteroatoms. The molecule has 4 aromatic rings. The summed E-state index contributed by atoms with van der Waals surface area (Å²) in [7, 11) is -7.82. The fraction of sp³-hybridized carbons (Fsp3) is 0.0909. The highest BCUT2D eigenvalue weighted by Crippen LogP contribution is 2.32. The first kappa shape index (κ1) is 22.3. The molecule has 1 atom stereocenters. The van der Waals surface area contributed by atoms with Gasteiger partial charge in [0.25, 0.3) is 0 Å². The SMILES string of the molecule is O=S(=O)(NCC(c1ccco1)S(=O)(=O)c1cccs1)c1ccc(Oc2ccccc2)cc1. The Morgan fingerprint density at radius 2 is 1.56 bits per heavy atom. The summed E-state index contributed by atoms with van der Waals surface area (Å²) in [6.07, 6.45) is 1.35. The average molecular weight is 490 g/mol. The Balaban J connectivity index is 1.52. The van der Waals surface area contributed by atoms with Gasteiger partial charge in [-0.1, -0.05) is 24.3 Å². The number of hydrogen-bond donors (Lipinski definition) is 1. The third-order valence-electron chi connectivity index (χ3n) is 4.58. The van der Waals surface area contributed by atoms with Gasteiger partial charge in [-0.15, -0.1) is 11.3 Å². The number of hydrogen-bond acceptors (Lipinski definition) is 7. The molecule has 0 saturated carbocycles. The Morgan fingerprint density at radius 3 is 2.19 bits per heavy atom. The molecule has 0 spiro atoms. The maximum Gasteiger partial charge on any atom is 0.240 e. The molecule has 1 unspecified atom stereocenters. The van der Waals surface area contributed by atoms with E-state index in [1.54, 1.807) is 29.6 Å². The second-order valence-electron chi connectivity index (χ2n) is 6.72. The number of sulfone groups is 1. The molecule has 2 heterocycles. The molecule has 1 N–H and O–H groups in total. The molecule has 0 aliphatic rings. The maximum atomic E-state index is 13.1. The van der Waals surface area contributed by atoms with Crippen LogP contribution in [0.2, 0.25) is 0 Å². The standard InChI is InChI=1S/C22H19NO6S3/c24-31(25,22-9-5-15-30-22)21(20-8-4-14-28-20)16-23-32(26,27)19-12-10-18(11-13-19)29-17-6-2-1-3-7-17/h1-15,21,23H,16H2. The van der Waals surface area contributed by atoms with Crippen LogP contribution in [0.1, 0.15) is 11.0 Å². The number of furan rings is 1. The minimum atomic E-state index is -3.97. The van der Waals surface area contributed by atoms with Gasteiger partial charge < -0.3 is 9.15 Å². The Bertz CT molecular complexity index is 1350. The third kappa shape index (κ3) is 4.94. The molecule has 0 amide bonds. The third-order valence-corrected chi connectivity index (χ3v) is 9.51. The summed E-state index contributed by atoms with van der Waals surface area (Å²) in [5, 5.41) is 0.446. The van der Waals surface area contributed by atoms with E-state index in [1.165, 1.54) is 42.7 Å². The fourth-order valence-corrected chi connectivity index (χ4v) is 6.93. The predicted molar refractivity (Wildman–Crippen MR) is 121 cm³/mol. The second-order valence-corrected chi connectivity index (χ2v) is 11.8. The van der Waals surface area contributed by atoms with Crippen molar-refractivity contribution in [3.8, 4) is 11.5 Å². The summed E-state index contributed by atoms with van der Waals surface area (Å²) in [6.45, 7) is -0.377. The number of thiophene rings is 1. The fourth-order valence-electron chi connectivity index (χ4n) is 2.98. The Kier molecular flexibility index (Phi) is 6.47. The Morgan fingerprint density at radius 1 is 0.844 bits per heavy atom. The molecule has 0 radical (unpaired) electrons. The van der Waals surface area contributed by atoms with Crippen LogP contribution in [0.4, 0.5) is 0 Å². The zero-order valence-electron chi connectivity index (χ0n) is 16.6. The molecule has 0 aliphatic carbocycles. The van der Waals surface area contributed by atoms with Gasteiger partial charge >= 0.3 is 0 Å². The number of sulfonamides is 1. The van der Waals surface area contributed by atoms with E-state index >= 15 is 0 Å². The van der Waals surface area contributed by atoms with Crippen LogP contribution in [0.25, 0.3) is 0 Å². The lowest BCUT2D eigenvalue weighted by molar-refractivity contribution is 0.482. The van der Waals surface area contributed by atoms with Gasteiger partial charge in [0.1, 0.15) is 26.7 Å². The molecule has 4 rings (SSSR count). The molecule has 2 aromatic heterocycles. The van der Waals surface area contributed by atoms with Crippen LogP contribution in [0.3, 0.4) is 0 Å². The number of rotatable bonds is 9. The van der Waals surface area contributed by atoms with E-state index in [0.717, 1.165) is 11.3 Å². The first-order chi connectivity index (χ1) is 15.4. The monoisotopic (exact) mass is 489 g/mol. The van der Waals surface area contributed by atoms with Crippen molar-refractivity contribution in [3.63, 3.8) is 0 Å². The first-order valence-electron chi connectivity index (χ1n) is 9.50. The van der Waals surface area contributed by atoms with Gasteiger partial charge in [0.15, 0.2) is 9.84 Å². The molecular weight excluding hydrogens is 470 g/mol. The second kappa shape index (κ2) is 9.29. The van der Waals surface area contributed by atoms with Gasteiger partial charge in [-0.05, 0) is 60.0 Å². The average Bonchev–Trinajstić information content (AvgIpc) is 3.50. The van der Waals surface area contributed by atoms with Gasteiger partial charge in [0, 0.05) is 6.54 Å². The summed E-state index contributed by atoms with van der Waals surface area (Å²) >= 11 is 1.07. The summed E-state index contributed by atoms with van der Waals surface area (Å²) in [6, 6.07) is 21.2. The van der Waals surface area contributed by atoms with Gasteiger partial charge in [-0.2, -0.15) is 0 Å². The van der Waals surface area contributed by atoms with Gasteiger partial charge in [0.2, 0.25) is 10.0 Å². The van der Waals surface area contributed by atoms with E-state index in [4.69, 9.17) is 9.15 Å². The zero-order chi connectivity index (χ0) is 22.6. The molecule has 0 fully saturated rings. The minimum absolute atomic E-state index is 0.00960. The topological polar surface area (TPSA) is 103 Å². The van der Waals surface area contributed by atoms with E-state index in [2.05, 4.69) is 4.72 Å². The molecular formula is C22H19NO6S3. The predicted octanol–water partition coefficient (Wildman–Crippen LogP) is 4.63. The van der Waals surface area contributed by atoms with Crippen LogP contribution >= 0.6 is 11.3 Å². The van der Waals surface area contributed by atoms with Crippen molar-refractivity contribution in [1.29, 1.82) is 0 Å². The normalized spacial score (nSPS) is 13.0. The van der Waals surface area contributed by atoms with Crippen molar-refractivity contribution in [2.75, 3.05) is 6.54 Å². The van der Waals surface area contributed by atoms with Crippen LogP contribution < -0.4 is 9.46 Å². The lowest BCUT2D eigenvalue weighted by Crippen LogP contribution is -2.31. The van der Waals surface area contributed by atoms with Crippen LogP contribution in [-0.4, -0.2) is 23.4 Å². The smallest absolute Gasteiger partial charge is 0.240 e. The molecule has 166 valence electrons. The lowest BCUT2D eigenvalue weighted by Gasteiger charge is -2.16. The Labute approximate surface area is 190 Å². The van der Waals surface area contributed by atoms with Crippen molar-refractivity contribution >= 4 is 31.2 Å². The van der Waals surface area contributed by atoms with E-state index in [0.29, 0.717) is 11.5 Å². The molecule has 7 nitrogen and oxygen atoms in total. The molecule has 0 bridgehead atoms. The molecule has 32 heavy (non-hydrogen) atoms. The van der Waals surface area contributed by atoms with E-state index in [9.17, 15) is 16.8 Å². The van der Waals surface area contributed by atoms with Crippen molar-refractivity contribution in [2.45, 2.75) is 14.4 Å². The Hall–Kier alpha value is -2.92. The van der Waals surface area contributed by atoms with Crippen molar-refractivity contribution in [2.24, 2.45) is 0 Å². The van der Waals surface area contributed by atoms with Crippen LogP contribution in [0.15, 0.2) is 104 Å². The minimum Gasteiger partial charge on any atom is -0.468 e. The lowest BCUT2D eigenvalue weighted by atomic mass is 10.3. The molecule has 2 aromatic carbocycles. The van der Waals surface area contributed by atoms with Gasteiger partial charge in [-0.3, -0.25) is 0 Å². The van der Waals surface area contributed by atoms with E-state index < -0.39 is 25.1 Å². The number of benzene rings is 2.